The molecule has 3 heterocycles. The fourth-order valence-electron chi connectivity index (χ4n) is 3.96. The van der Waals surface area contributed by atoms with Gasteiger partial charge >= 0.3 is 0 Å². The van der Waals surface area contributed by atoms with Crippen molar-refractivity contribution in [3.8, 4) is 12.5 Å². The third-order valence-electron chi connectivity index (χ3n) is 5.31. The maximum absolute atomic E-state index is 13.1. The van der Waals surface area contributed by atoms with Gasteiger partial charge in [-0.3, -0.25) is 14.7 Å². The molecule has 1 aliphatic carbocycles. The Morgan fingerprint density at radius 2 is 2.19 bits per heavy atom. The summed E-state index contributed by atoms with van der Waals surface area (Å²) in [6.45, 7) is 2.01. The van der Waals surface area contributed by atoms with Gasteiger partial charge < -0.3 is 15.4 Å². The highest BCUT2D eigenvalue weighted by atomic mass is 32.1. The van der Waals surface area contributed by atoms with Crippen molar-refractivity contribution in [2.75, 3.05) is 12.4 Å². The molecule has 3 N–H and O–H groups in total. The van der Waals surface area contributed by atoms with Gasteiger partial charge in [0.25, 0.3) is 5.56 Å². The maximum atomic E-state index is 13.1. The summed E-state index contributed by atoms with van der Waals surface area (Å²) in [4.78, 5) is 17.8. The molecule has 26 heavy (non-hydrogen) atoms. The zero-order chi connectivity index (χ0) is 18.3. The van der Waals surface area contributed by atoms with Gasteiger partial charge in [0.1, 0.15) is 10.9 Å². The quantitative estimate of drug-likeness (QED) is 0.565. The van der Waals surface area contributed by atoms with E-state index in [1.807, 2.05) is 6.92 Å². The van der Waals surface area contributed by atoms with E-state index in [-0.39, 0.29) is 23.9 Å². The van der Waals surface area contributed by atoms with E-state index < -0.39 is 0 Å². The lowest BCUT2D eigenvalue weighted by molar-refractivity contribution is 0.0579. The molecule has 4 rings (SSSR count). The molecule has 0 bridgehead atoms. The first-order chi connectivity index (χ1) is 12.6. The van der Waals surface area contributed by atoms with Crippen LogP contribution in [0, 0.1) is 12.5 Å². The number of fused-ring (bicyclic) bond motifs is 3. The van der Waals surface area contributed by atoms with Crippen LogP contribution in [0.15, 0.2) is 11.1 Å². The zero-order valence-electron chi connectivity index (χ0n) is 14.9. The highest BCUT2D eigenvalue weighted by molar-refractivity contribution is 7.23. The molecular formula is C18H23N5O2S. The van der Waals surface area contributed by atoms with E-state index in [9.17, 15) is 4.79 Å². The van der Waals surface area contributed by atoms with Crippen LogP contribution in [0.3, 0.4) is 0 Å². The Kier molecular flexibility index (Phi) is 4.61. The Balaban J connectivity index is 1.74. The third kappa shape index (κ3) is 2.86. The topological polar surface area (TPSA) is 80.2 Å². The van der Waals surface area contributed by atoms with E-state index in [0.29, 0.717) is 10.8 Å². The minimum atomic E-state index is -0.222. The Labute approximate surface area is 156 Å². The maximum Gasteiger partial charge on any atom is 0.271 e. The van der Waals surface area contributed by atoms with Crippen molar-refractivity contribution >= 4 is 26.6 Å². The summed E-state index contributed by atoms with van der Waals surface area (Å²) < 4.78 is 7.92. The number of aromatic nitrogens is 2. The minimum absolute atomic E-state index is 0.0316. The van der Waals surface area contributed by atoms with Gasteiger partial charge in [0.05, 0.1) is 34.7 Å². The van der Waals surface area contributed by atoms with Crippen LogP contribution < -0.4 is 21.5 Å². The van der Waals surface area contributed by atoms with E-state index in [1.165, 1.54) is 11.3 Å². The van der Waals surface area contributed by atoms with Crippen LogP contribution >= 0.6 is 11.3 Å². The summed E-state index contributed by atoms with van der Waals surface area (Å²) in [5, 5.41) is 10.6. The summed E-state index contributed by atoms with van der Waals surface area (Å²) >= 11 is 1.46. The molecule has 1 aliphatic heterocycles. The van der Waals surface area contributed by atoms with Crippen molar-refractivity contribution in [1.29, 1.82) is 0 Å². The highest BCUT2D eigenvalue weighted by Crippen LogP contribution is 2.39. The number of terminal acetylenes is 1. The fraction of sp³-hybridized carbons (Fsp3) is 0.556. The van der Waals surface area contributed by atoms with E-state index in [2.05, 4.69) is 27.0 Å². The molecule has 8 heteroatoms. The van der Waals surface area contributed by atoms with Crippen molar-refractivity contribution in [3.05, 3.63) is 22.2 Å². The van der Waals surface area contributed by atoms with Gasteiger partial charge in [-0.2, -0.15) is 0 Å². The van der Waals surface area contributed by atoms with Crippen molar-refractivity contribution in [1.82, 2.24) is 20.2 Å². The van der Waals surface area contributed by atoms with Gasteiger partial charge in [0, 0.05) is 19.2 Å². The van der Waals surface area contributed by atoms with Gasteiger partial charge in [-0.1, -0.05) is 6.42 Å². The summed E-state index contributed by atoms with van der Waals surface area (Å²) in [5.74, 6) is 0. The van der Waals surface area contributed by atoms with Gasteiger partial charge in [-0.15, -0.1) is 11.3 Å². The fourth-order valence-corrected chi connectivity index (χ4v) is 5.18. The largest absolute Gasteiger partial charge is 0.381 e. The average Bonchev–Trinajstić information content (AvgIpc) is 3.02. The Morgan fingerprint density at radius 3 is 2.88 bits per heavy atom. The second-order valence-corrected chi connectivity index (χ2v) is 7.92. The Bertz CT molecular complexity index is 907. The molecule has 2 aliphatic rings. The van der Waals surface area contributed by atoms with E-state index in [0.717, 1.165) is 41.8 Å². The lowest BCUT2D eigenvalue weighted by Gasteiger charge is -2.30. The predicted molar refractivity (Wildman–Crippen MR) is 103 cm³/mol. The molecule has 2 unspecified atom stereocenters. The van der Waals surface area contributed by atoms with Crippen molar-refractivity contribution < 1.29 is 4.74 Å². The molecule has 1 fully saturated rings. The highest BCUT2D eigenvalue weighted by Gasteiger charge is 2.30. The average molecular weight is 373 g/mol. The number of nitrogens with zero attached hydrogens (tertiary/aromatic N) is 2. The van der Waals surface area contributed by atoms with Gasteiger partial charge in [0.15, 0.2) is 0 Å². The molecule has 2 aromatic heterocycles. The molecule has 138 valence electrons. The molecule has 0 saturated heterocycles. The zero-order valence-corrected chi connectivity index (χ0v) is 15.7. The van der Waals surface area contributed by atoms with E-state index in [1.54, 1.807) is 18.0 Å². The third-order valence-corrected chi connectivity index (χ3v) is 6.42. The molecule has 0 spiro atoms. The first-order valence-corrected chi connectivity index (χ1v) is 9.74. The molecule has 2 atom stereocenters. The van der Waals surface area contributed by atoms with Crippen LogP contribution in [-0.4, -0.2) is 28.9 Å². The first-order valence-electron chi connectivity index (χ1n) is 8.92. The number of hydrogen-bond donors (Lipinski definition) is 3. The van der Waals surface area contributed by atoms with Crippen LogP contribution in [-0.2, 0) is 4.74 Å². The SMILES string of the molecule is C#CNC1NC(C)Nc2sc3c(=O)n(C4CCC(OC)CC4)cnc3c21. The molecule has 7 nitrogen and oxygen atoms in total. The number of methoxy groups -OCH3 is 1. The van der Waals surface area contributed by atoms with Gasteiger partial charge in [-0.25, -0.2) is 4.98 Å². The smallest absolute Gasteiger partial charge is 0.271 e. The molecule has 2 aromatic rings. The van der Waals surface area contributed by atoms with Crippen molar-refractivity contribution in [2.24, 2.45) is 0 Å². The summed E-state index contributed by atoms with van der Waals surface area (Å²) in [5.41, 5.74) is 1.68. The molecule has 0 amide bonds. The molecule has 1 saturated carbocycles. The standard InChI is InChI=1S/C18H23N5O2S/c1-4-19-16-13-14-15(26-17(13)22-10(2)21-16)18(24)23(9-20-14)11-5-7-12(25-3)8-6-11/h1,9-12,16,19,21-22H,5-8H2,2-3H3. The van der Waals surface area contributed by atoms with Crippen LogP contribution in [0.1, 0.15) is 50.4 Å². The normalized spacial score (nSPS) is 28.2. The van der Waals surface area contributed by atoms with Crippen LogP contribution in [0.4, 0.5) is 5.00 Å². The lowest BCUT2D eigenvalue weighted by Crippen LogP contribution is -2.45. The van der Waals surface area contributed by atoms with Crippen molar-refractivity contribution in [3.63, 3.8) is 0 Å². The predicted octanol–water partition coefficient (Wildman–Crippen LogP) is 2.13. The van der Waals surface area contributed by atoms with Gasteiger partial charge in [0.2, 0.25) is 0 Å². The molecule has 0 radical (unpaired) electrons. The summed E-state index contributed by atoms with van der Waals surface area (Å²) in [6.07, 6.45) is 11.1. The number of ether oxygens (including phenoxy) is 1. The van der Waals surface area contributed by atoms with Crippen molar-refractivity contribution in [2.45, 2.75) is 57.1 Å². The lowest BCUT2D eigenvalue weighted by atomic mass is 9.93. The monoisotopic (exact) mass is 373 g/mol. The minimum Gasteiger partial charge on any atom is -0.381 e. The number of nitrogens with one attached hydrogen (secondary N) is 3. The van der Waals surface area contributed by atoms with Crippen LogP contribution in [0.25, 0.3) is 10.2 Å². The number of hydrogen-bond acceptors (Lipinski definition) is 7. The van der Waals surface area contributed by atoms with Crippen LogP contribution in [0.5, 0.6) is 0 Å². The number of rotatable bonds is 3. The number of thiophene rings is 1. The Morgan fingerprint density at radius 1 is 1.42 bits per heavy atom. The molecule has 0 aromatic carbocycles. The molecular weight excluding hydrogens is 350 g/mol. The summed E-state index contributed by atoms with van der Waals surface area (Å²) in [7, 11) is 1.75. The first kappa shape index (κ1) is 17.3. The number of anilines is 1. The second kappa shape index (κ2) is 6.91. The summed E-state index contributed by atoms with van der Waals surface area (Å²) in [6, 6.07) is 2.67. The van der Waals surface area contributed by atoms with E-state index >= 15 is 0 Å². The van der Waals surface area contributed by atoms with E-state index in [4.69, 9.17) is 11.2 Å². The Hall–Kier alpha value is -2.08. The van der Waals surface area contributed by atoms with Gasteiger partial charge in [-0.05, 0) is 32.6 Å². The second-order valence-electron chi connectivity index (χ2n) is 6.90. The van der Waals surface area contributed by atoms with Crippen LogP contribution in [0.2, 0.25) is 0 Å².